The number of esters is 2. The van der Waals surface area contributed by atoms with E-state index in [4.69, 9.17) is 32.7 Å². The highest BCUT2D eigenvalue weighted by Gasteiger charge is 2.29. The minimum atomic E-state index is -0.959. The van der Waals surface area contributed by atoms with Gasteiger partial charge in [-0.25, -0.2) is 14.6 Å². The molecule has 0 aliphatic carbocycles. The average Bonchev–Trinajstić information content (AvgIpc) is 2.73. The number of non-ortho nitro benzene ring substituents is 1. The summed E-state index contributed by atoms with van der Waals surface area (Å²) in [4.78, 5) is 39.0. The maximum Gasteiger partial charge on any atom is 0.407 e. The zero-order chi connectivity index (χ0) is 22.7. The fourth-order valence-corrected chi connectivity index (χ4v) is 2.97. The van der Waals surface area contributed by atoms with Crippen LogP contribution in [0.25, 0.3) is 11.0 Å². The van der Waals surface area contributed by atoms with Gasteiger partial charge in [0.15, 0.2) is 5.69 Å². The molecule has 3 rings (SSSR count). The van der Waals surface area contributed by atoms with Gasteiger partial charge in [0.25, 0.3) is 5.69 Å². The van der Waals surface area contributed by atoms with E-state index >= 15 is 0 Å². The van der Waals surface area contributed by atoms with E-state index in [1.165, 1.54) is 24.3 Å². The molecule has 10 nitrogen and oxygen atoms in total. The normalized spacial score (nSPS) is 10.7. The number of aromatic nitrogens is 2. The third-order valence-corrected chi connectivity index (χ3v) is 4.81. The van der Waals surface area contributed by atoms with Crippen LogP contribution >= 0.6 is 23.2 Å². The van der Waals surface area contributed by atoms with Crippen LogP contribution < -0.4 is 4.73 Å². The Morgan fingerprint density at radius 2 is 1.74 bits per heavy atom. The molecule has 0 radical (unpaired) electrons. The van der Waals surface area contributed by atoms with Crippen LogP contribution in [0.3, 0.4) is 0 Å². The van der Waals surface area contributed by atoms with E-state index in [0.29, 0.717) is 0 Å². The van der Waals surface area contributed by atoms with Crippen molar-refractivity contribution in [2.45, 2.75) is 13.5 Å². The Hall–Kier alpha value is -3.50. The topological polar surface area (TPSA) is 136 Å². The van der Waals surface area contributed by atoms with Crippen molar-refractivity contribution in [1.82, 2.24) is 4.98 Å². The molecule has 0 fully saturated rings. The maximum atomic E-state index is 12.8. The van der Waals surface area contributed by atoms with Crippen molar-refractivity contribution >= 4 is 51.9 Å². The standard InChI is InChI=1S/C19H13Cl2N3O7/c1-2-30-19(26)17-15(22-14-7-12(20)13(21)8-16(14)23(17)27)9-31-18(25)10-3-5-11(6-4-10)24(28)29/h3-8H,2,9H2,1H3. The second-order valence-corrected chi connectivity index (χ2v) is 6.87. The summed E-state index contributed by atoms with van der Waals surface area (Å²) in [5.41, 5.74) is -0.685. The van der Waals surface area contributed by atoms with Crippen molar-refractivity contribution in [2.75, 3.05) is 6.61 Å². The molecule has 0 spiro atoms. The molecule has 0 aliphatic heterocycles. The Balaban J connectivity index is 1.96. The fourth-order valence-electron chi connectivity index (χ4n) is 2.65. The number of benzene rings is 2. The Kier molecular flexibility index (Phi) is 6.52. The monoisotopic (exact) mass is 465 g/mol. The fraction of sp³-hybridized carbons (Fsp3) is 0.158. The summed E-state index contributed by atoms with van der Waals surface area (Å²) in [6, 6.07) is 7.32. The second kappa shape index (κ2) is 9.11. The average molecular weight is 466 g/mol. The first-order valence-corrected chi connectivity index (χ1v) is 9.48. The summed E-state index contributed by atoms with van der Waals surface area (Å²) < 4.78 is 10.4. The van der Waals surface area contributed by atoms with Crippen LogP contribution in [0.5, 0.6) is 0 Å². The van der Waals surface area contributed by atoms with Crippen LogP contribution in [0.4, 0.5) is 5.69 Å². The number of nitro benzene ring substituents is 1. The van der Waals surface area contributed by atoms with E-state index in [2.05, 4.69) is 4.98 Å². The van der Waals surface area contributed by atoms with E-state index < -0.39 is 29.2 Å². The zero-order valence-electron chi connectivity index (χ0n) is 15.8. The highest BCUT2D eigenvalue weighted by molar-refractivity contribution is 6.42. The van der Waals surface area contributed by atoms with Crippen LogP contribution in [-0.2, 0) is 16.1 Å². The van der Waals surface area contributed by atoms with Gasteiger partial charge in [-0.05, 0) is 25.1 Å². The molecule has 0 amide bonds. The lowest BCUT2D eigenvalue weighted by molar-refractivity contribution is -0.581. The molecule has 160 valence electrons. The highest BCUT2D eigenvalue weighted by atomic mass is 35.5. The summed E-state index contributed by atoms with van der Waals surface area (Å²) in [7, 11) is 0. The Morgan fingerprint density at radius 3 is 2.35 bits per heavy atom. The molecule has 0 bridgehead atoms. The van der Waals surface area contributed by atoms with Crippen LogP contribution in [-0.4, -0.2) is 28.5 Å². The number of carbonyl (C=O) groups is 2. The van der Waals surface area contributed by atoms with Gasteiger partial charge in [0.05, 0.1) is 27.1 Å². The van der Waals surface area contributed by atoms with Gasteiger partial charge in [0.2, 0.25) is 5.52 Å². The van der Waals surface area contributed by atoms with Gasteiger partial charge in [0.1, 0.15) is 12.1 Å². The molecule has 0 unspecified atom stereocenters. The quantitative estimate of drug-likeness (QED) is 0.177. The molecule has 0 aliphatic rings. The molecule has 0 saturated carbocycles. The molecule has 3 aromatic rings. The first-order chi connectivity index (χ1) is 14.7. The minimum absolute atomic E-state index is 0.000265. The molecule has 12 heteroatoms. The number of nitrogens with zero attached hydrogens (tertiary/aromatic N) is 3. The van der Waals surface area contributed by atoms with Gasteiger partial charge in [-0.1, -0.05) is 23.2 Å². The summed E-state index contributed by atoms with van der Waals surface area (Å²) in [5, 5.41) is 23.8. The third kappa shape index (κ3) is 4.65. The highest BCUT2D eigenvalue weighted by Crippen LogP contribution is 2.26. The minimum Gasteiger partial charge on any atom is -0.618 e. The summed E-state index contributed by atoms with van der Waals surface area (Å²) >= 11 is 11.9. The number of carbonyl (C=O) groups excluding carboxylic acids is 2. The molecular weight excluding hydrogens is 453 g/mol. The Morgan fingerprint density at radius 1 is 1.10 bits per heavy atom. The predicted octanol–water partition coefficient (Wildman–Crippen LogP) is 3.62. The van der Waals surface area contributed by atoms with Crippen LogP contribution in [0.2, 0.25) is 10.0 Å². The Labute approximate surface area is 184 Å². The van der Waals surface area contributed by atoms with Crippen molar-refractivity contribution in [3.63, 3.8) is 0 Å². The van der Waals surface area contributed by atoms with Gasteiger partial charge in [-0.15, -0.1) is 0 Å². The van der Waals surface area contributed by atoms with Gasteiger partial charge in [0, 0.05) is 18.2 Å². The number of fused-ring (bicyclic) bond motifs is 1. The lowest BCUT2D eigenvalue weighted by atomic mass is 10.2. The summed E-state index contributed by atoms with van der Waals surface area (Å²) in [6.07, 6.45) is 0. The molecule has 1 heterocycles. The number of rotatable bonds is 6. The SMILES string of the molecule is CCOC(=O)c1c(COC(=O)c2ccc([N+](=O)[O-])cc2)nc2cc(Cl)c(Cl)cc2[n+]1[O-]. The van der Waals surface area contributed by atoms with Gasteiger partial charge >= 0.3 is 17.6 Å². The van der Waals surface area contributed by atoms with Crippen molar-refractivity contribution in [3.8, 4) is 0 Å². The smallest absolute Gasteiger partial charge is 0.407 e. The lowest BCUT2D eigenvalue weighted by Crippen LogP contribution is -2.39. The van der Waals surface area contributed by atoms with Crippen molar-refractivity contribution in [1.29, 1.82) is 0 Å². The first-order valence-electron chi connectivity index (χ1n) is 8.72. The number of nitro groups is 1. The number of hydrogen-bond acceptors (Lipinski definition) is 8. The first kappa shape index (κ1) is 22.2. The molecule has 2 aromatic carbocycles. The van der Waals surface area contributed by atoms with Crippen LogP contribution in [0.15, 0.2) is 36.4 Å². The molecule has 0 saturated heterocycles. The van der Waals surface area contributed by atoms with Gasteiger partial charge in [-0.2, -0.15) is 4.73 Å². The van der Waals surface area contributed by atoms with Crippen LogP contribution in [0, 0.1) is 15.3 Å². The maximum absolute atomic E-state index is 12.8. The Bertz CT molecular complexity index is 1200. The number of ether oxygens (including phenoxy) is 2. The molecule has 31 heavy (non-hydrogen) atoms. The zero-order valence-corrected chi connectivity index (χ0v) is 17.3. The second-order valence-electron chi connectivity index (χ2n) is 6.06. The predicted molar refractivity (Wildman–Crippen MR) is 109 cm³/mol. The summed E-state index contributed by atoms with van der Waals surface area (Å²) in [6.45, 7) is 1.02. The van der Waals surface area contributed by atoms with E-state index in [9.17, 15) is 24.9 Å². The molecule has 0 N–H and O–H groups in total. The number of halogens is 2. The molecular formula is C19H13Cl2N3O7. The molecule has 0 atom stereocenters. The van der Waals surface area contributed by atoms with Crippen molar-refractivity contribution in [3.05, 3.63) is 78.7 Å². The van der Waals surface area contributed by atoms with Gasteiger partial charge < -0.3 is 14.7 Å². The van der Waals surface area contributed by atoms with E-state index in [0.717, 1.165) is 12.1 Å². The van der Waals surface area contributed by atoms with E-state index in [1.807, 2.05) is 0 Å². The molecule has 1 aromatic heterocycles. The largest absolute Gasteiger partial charge is 0.618 e. The van der Waals surface area contributed by atoms with E-state index in [-0.39, 0.29) is 49.4 Å². The van der Waals surface area contributed by atoms with Crippen LogP contribution in [0.1, 0.15) is 33.5 Å². The van der Waals surface area contributed by atoms with Crippen molar-refractivity contribution in [2.24, 2.45) is 0 Å². The lowest BCUT2D eigenvalue weighted by Gasteiger charge is -2.12. The summed E-state index contributed by atoms with van der Waals surface area (Å²) in [5.74, 6) is -1.79. The van der Waals surface area contributed by atoms with Crippen molar-refractivity contribution < 1.29 is 28.7 Å². The third-order valence-electron chi connectivity index (χ3n) is 4.09. The van der Waals surface area contributed by atoms with E-state index in [1.54, 1.807) is 6.92 Å². The number of hydrogen-bond donors (Lipinski definition) is 0. The van der Waals surface area contributed by atoms with Gasteiger partial charge in [-0.3, -0.25) is 10.1 Å².